The quantitative estimate of drug-likeness (QED) is 0.185. The molecule has 0 bridgehead atoms. The molecule has 3 heteroatoms. The monoisotopic (exact) mass is 654 g/mol. The zero-order valence-electron chi connectivity index (χ0n) is 28.5. The Morgan fingerprint density at radius 3 is 1.90 bits per heavy atom. The highest BCUT2D eigenvalue weighted by atomic mass is 16.3. The van der Waals surface area contributed by atoms with Crippen LogP contribution in [0.4, 0.5) is 17.2 Å². The van der Waals surface area contributed by atoms with Crippen LogP contribution in [0, 0.1) is 0 Å². The van der Waals surface area contributed by atoms with E-state index in [0.717, 1.165) is 55.8 Å². The van der Waals surface area contributed by atoms with E-state index < -0.39 is 0 Å². The smallest absolute Gasteiger partial charge is 0.154 e. The number of furan rings is 1. The lowest BCUT2D eigenvalue weighted by Crippen LogP contribution is -2.16. The second kappa shape index (κ2) is 11.3. The molecule has 2 heterocycles. The Morgan fingerprint density at radius 1 is 0.490 bits per heavy atom. The SMILES string of the molecule is CC1(C)c2ccccc2-c2cc(N(c3ccc(-c4ccccc4)cc3)c3ccc4oc5cc6ccccc6cc5c4n3)c(-c3ccccc3)cc21. The van der Waals surface area contributed by atoms with E-state index in [2.05, 4.69) is 189 Å². The van der Waals surface area contributed by atoms with E-state index in [-0.39, 0.29) is 5.41 Å². The summed E-state index contributed by atoms with van der Waals surface area (Å²) in [4.78, 5) is 7.76. The van der Waals surface area contributed by atoms with E-state index in [0.29, 0.717) is 0 Å². The van der Waals surface area contributed by atoms with Crippen molar-refractivity contribution in [3.8, 4) is 33.4 Å². The molecule has 10 rings (SSSR count). The Bertz CT molecular complexity index is 2760. The Balaban J connectivity index is 1.25. The molecule has 1 aliphatic rings. The first-order valence-corrected chi connectivity index (χ1v) is 17.5. The minimum Gasteiger partial charge on any atom is -0.454 e. The lowest BCUT2D eigenvalue weighted by atomic mass is 9.81. The average Bonchev–Trinajstić information content (AvgIpc) is 3.65. The van der Waals surface area contributed by atoms with Crippen LogP contribution in [-0.2, 0) is 5.41 Å². The molecule has 0 aliphatic heterocycles. The third-order valence-corrected chi connectivity index (χ3v) is 10.7. The maximum absolute atomic E-state index is 6.41. The number of nitrogens with zero attached hydrogens (tertiary/aromatic N) is 2. The van der Waals surface area contributed by atoms with Crippen molar-refractivity contribution in [3.05, 3.63) is 181 Å². The van der Waals surface area contributed by atoms with Gasteiger partial charge in [0.1, 0.15) is 16.9 Å². The second-order valence-electron chi connectivity index (χ2n) is 14.0. The van der Waals surface area contributed by atoms with E-state index in [1.54, 1.807) is 0 Å². The highest BCUT2D eigenvalue weighted by molar-refractivity contribution is 6.09. The molecule has 0 radical (unpaired) electrons. The summed E-state index contributed by atoms with van der Waals surface area (Å²) in [6.07, 6.45) is 0. The van der Waals surface area contributed by atoms with Crippen molar-refractivity contribution in [1.29, 1.82) is 0 Å². The molecule has 0 fully saturated rings. The van der Waals surface area contributed by atoms with Crippen molar-refractivity contribution in [2.45, 2.75) is 19.3 Å². The highest BCUT2D eigenvalue weighted by Crippen LogP contribution is 2.53. The van der Waals surface area contributed by atoms with Crippen LogP contribution in [-0.4, -0.2) is 4.98 Å². The first-order chi connectivity index (χ1) is 25.0. The van der Waals surface area contributed by atoms with Gasteiger partial charge < -0.3 is 4.42 Å². The molecule has 1 aliphatic carbocycles. The van der Waals surface area contributed by atoms with Crippen LogP contribution in [0.2, 0.25) is 0 Å². The van der Waals surface area contributed by atoms with E-state index in [4.69, 9.17) is 9.40 Å². The molecule has 0 saturated heterocycles. The van der Waals surface area contributed by atoms with Gasteiger partial charge in [-0.05, 0) is 98.2 Å². The van der Waals surface area contributed by atoms with Crippen molar-refractivity contribution < 1.29 is 4.42 Å². The van der Waals surface area contributed by atoms with E-state index in [1.807, 2.05) is 0 Å². The number of hydrogen-bond acceptors (Lipinski definition) is 3. The van der Waals surface area contributed by atoms with Crippen LogP contribution in [0.3, 0.4) is 0 Å². The fraction of sp³-hybridized carbons (Fsp3) is 0.0625. The molecule has 7 aromatic carbocycles. The van der Waals surface area contributed by atoms with Gasteiger partial charge in [0.05, 0.1) is 5.69 Å². The number of pyridine rings is 1. The summed E-state index contributed by atoms with van der Waals surface area (Å²) in [6.45, 7) is 4.69. The molecule has 9 aromatic rings. The first kappa shape index (κ1) is 29.5. The predicted molar refractivity (Wildman–Crippen MR) is 212 cm³/mol. The van der Waals surface area contributed by atoms with Gasteiger partial charge >= 0.3 is 0 Å². The standard InChI is InChI=1S/C48H34N2O/c1-48(2)41-20-12-11-19-37(41)39-30-43(38(29-42(39)48)33-15-7-4-8-16-33)50(36-23-21-32(22-24-36)31-13-5-3-6-14-31)46-26-25-44-47(49-46)40-27-34-17-9-10-18-35(34)28-45(40)51-44/h3-30H,1-2H3. The molecule has 0 spiro atoms. The number of benzene rings is 7. The van der Waals surface area contributed by atoms with Crippen molar-refractivity contribution in [2.75, 3.05) is 4.90 Å². The number of anilines is 3. The van der Waals surface area contributed by atoms with Gasteiger partial charge in [0.25, 0.3) is 0 Å². The number of aromatic nitrogens is 1. The third-order valence-electron chi connectivity index (χ3n) is 10.7. The zero-order valence-corrected chi connectivity index (χ0v) is 28.5. The molecule has 3 nitrogen and oxygen atoms in total. The minimum atomic E-state index is -0.133. The maximum atomic E-state index is 6.41. The van der Waals surface area contributed by atoms with Crippen molar-refractivity contribution in [2.24, 2.45) is 0 Å². The highest BCUT2D eigenvalue weighted by Gasteiger charge is 2.37. The van der Waals surface area contributed by atoms with Crippen LogP contribution in [0.5, 0.6) is 0 Å². The van der Waals surface area contributed by atoms with Gasteiger partial charge in [-0.15, -0.1) is 0 Å². The topological polar surface area (TPSA) is 29.3 Å². The molecular weight excluding hydrogens is 621 g/mol. The summed E-state index contributed by atoms with van der Waals surface area (Å²) in [6, 6.07) is 60.7. The summed E-state index contributed by atoms with van der Waals surface area (Å²) in [5, 5.41) is 3.33. The van der Waals surface area contributed by atoms with E-state index in [1.165, 1.54) is 38.8 Å². The van der Waals surface area contributed by atoms with Gasteiger partial charge in [-0.2, -0.15) is 0 Å². The van der Waals surface area contributed by atoms with Crippen LogP contribution in [0.15, 0.2) is 174 Å². The zero-order chi connectivity index (χ0) is 34.1. The molecule has 242 valence electrons. The number of rotatable bonds is 5. The molecule has 51 heavy (non-hydrogen) atoms. The maximum Gasteiger partial charge on any atom is 0.154 e. The van der Waals surface area contributed by atoms with Gasteiger partial charge in [-0.25, -0.2) is 4.98 Å². The summed E-state index contributed by atoms with van der Waals surface area (Å²) in [7, 11) is 0. The van der Waals surface area contributed by atoms with E-state index in [9.17, 15) is 0 Å². The van der Waals surface area contributed by atoms with Gasteiger partial charge in [0.2, 0.25) is 0 Å². The van der Waals surface area contributed by atoms with Crippen LogP contribution < -0.4 is 4.90 Å². The number of fused-ring (bicyclic) bond motifs is 7. The summed E-state index contributed by atoms with van der Waals surface area (Å²) in [5.74, 6) is 0.827. The molecule has 2 aromatic heterocycles. The Labute approximate surface area is 297 Å². The number of hydrogen-bond donors (Lipinski definition) is 0. The fourth-order valence-corrected chi connectivity index (χ4v) is 8.04. The van der Waals surface area contributed by atoms with Gasteiger partial charge in [-0.1, -0.05) is 135 Å². The summed E-state index contributed by atoms with van der Waals surface area (Å²) < 4.78 is 6.41. The van der Waals surface area contributed by atoms with Crippen molar-refractivity contribution in [1.82, 2.24) is 4.98 Å². The lowest BCUT2D eigenvalue weighted by molar-refractivity contribution is 0.660. The predicted octanol–water partition coefficient (Wildman–Crippen LogP) is 13.2. The molecule has 0 N–H and O–H groups in total. The minimum absolute atomic E-state index is 0.133. The molecular formula is C48H34N2O. The molecule has 0 unspecified atom stereocenters. The van der Waals surface area contributed by atoms with E-state index >= 15 is 0 Å². The van der Waals surface area contributed by atoms with Gasteiger partial charge in [0.15, 0.2) is 5.58 Å². The van der Waals surface area contributed by atoms with Crippen LogP contribution >= 0.6 is 0 Å². The molecule has 0 saturated carbocycles. The van der Waals surface area contributed by atoms with Gasteiger partial charge in [-0.3, -0.25) is 4.90 Å². The lowest BCUT2D eigenvalue weighted by Gasteiger charge is -2.29. The molecule has 0 amide bonds. The van der Waals surface area contributed by atoms with Crippen molar-refractivity contribution >= 4 is 50.0 Å². The normalized spacial score (nSPS) is 13.1. The van der Waals surface area contributed by atoms with Gasteiger partial charge in [0, 0.05) is 22.1 Å². The Kier molecular flexibility index (Phi) is 6.53. The second-order valence-corrected chi connectivity index (χ2v) is 14.0. The largest absolute Gasteiger partial charge is 0.454 e. The van der Waals surface area contributed by atoms with Crippen molar-refractivity contribution in [3.63, 3.8) is 0 Å². The summed E-state index contributed by atoms with van der Waals surface area (Å²) >= 11 is 0. The van der Waals surface area contributed by atoms with Crippen LogP contribution in [0.25, 0.3) is 66.2 Å². The fourth-order valence-electron chi connectivity index (χ4n) is 8.04. The molecule has 0 atom stereocenters. The average molecular weight is 655 g/mol. The Hall–Kier alpha value is -6.45. The van der Waals surface area contributed by atoms with Crippen LogP contribution in [0.1, 0.15) is 25.0 Å². The Morgan fingerprint density at radius 2 is 1.14 bits per heavy atom. The first-order valence-electron chi connectivity index (χ1n) is 17.5. The summed E-state index contributed by atoms with van der Waals surface area (Å²) in [5.41, 5.74) is 14.4. The third kappa shape index (κ3) is 4.69.